The van der Waals surface area contributed by atoms with Crippen LogP contribution < -0.4 is 5.32 Å². The molecule has 4 nitrogen and oxygen atoms in total. The van der Waals surface area contributed by atoms with Crippen molar-refractivity contribution in [1.82, 2.24) is 10.2 Å². The maximum Gasteiger partial charge on any atom is 0.404 e. The third-order valence-electron chi connectivity index (χ3n) is 3.26. The van der Waals surface area contributed by atoms with Gasteiger partial charge in [0.2, 0.25) is 5.91 Å². The van der Waals surface area contributed by atoms with Gasteiger partial charge in [-0.25, -0.2) is 0 Å². The van der Waals surface area contributed by atoms with Crippen LogP contribution in [0, 0.1) is 5.41 Å². The second kappa shape index (κ2) is 5.88. The summed E-state index contributed by atoms with van der Waals surface area (Å²) in [6, 6.07) is 0. The second-order valence-electron chi connectivity index (χ2n) is 4.52. The molecule has 1 atom stereocenters. The van der Waals surface area contributed by atoms with Crippen LogP contribution in [0.25, 0.3) is 0 Å². The van der Waals surface area contributed by atoms with Gasteiger partial charge in [-0.05, 0) is 19.4 Å². The van der Waals surface area contributed by atoms with E-state index in [1.807, 2.05) is 0 Å². The minimum Gasteiger partial charge on any atom is -0.395 e. The molecule has 0 aromatic rings. The standard InChI is InChI=1S/C11H19F3N2O2/c1-2-5-16(6-7-17)9(18)10(11(12,13)14)3-4-15-8-10/h15,17H,2-8H2,1H3. The largest absolute Gasteiger partial charge is 0.404 e. The summed E-state index contributed by atoms with van der Waals surface area (Å²) in [7, 11) is 0. The molecule has 1 saturated heterocycles. The Labute approximate surface area is 104 Å². The number of carbonyl (C=O) groups excluding carboxylic acids is 1. The van der Waals surface area contributed by atoms with Gasteiger partial charge in [0.05, 0.1) is 6.61 Å². The number of halogens is 3. The molecule has 2 N–H and O–H groups in total. The Hall–Kier alpha value is -0.820. The topological polar surface area (TPSA) is 52.6 Å². The van der Waals surface area contributed by atoms with Gasteiger partial charge < -0.3 is 15.3 Å². The number of aliphatic hydroxyl groups excluding tert-OH is 1. The number of alkyl halides is 3. The summed E-state index contributed by atoms with van der Waals surface area (Å²) in [6.45, 7) is 1.45. The molecule has 1 unspecified atom stereocenters. The van der Waals surface area contributed by atoms with Gasteiger partial charge in [0.1, 0.15) is 0 Å². The zero-order chi connectivity index (χ0) is 13.8. The van der Waals surface area contributed by atoms with Crippen LogP contribution in [0.5, 0.6) is 0 Å². The number of rotatable bonds is 5. The van der Waals surface area contributed by atoms with E-state index in [4.69, 9.17) is 5.11 Å². The molecular weight excluding hydrogens is 249 g/mol. The van der Waals surface area contributed by atoms with Gasteiger partial charge in [-0.15, -0.1) is 0 Å². The van der Waals surface area contributed by atoms with Gasteiger partial charge in [0.15, 0.2) is 5.41 Å². The minimum atomic E-state index is -4.56. The molecule has 1 fully saturated rings. The molecule has 0 spiro atoms. The lowest BCUT2D eigenvalue weighted by molar-refractivity contribution is -0.222. The Morgan fingerprint density at radius 3 is 2.50 bits per heavy atom. The molecular formula is C11H19F3N2O2. The Balaban J connectivity index is 2.94. The van der Waals surface area contributed by atoms with Gasteiger partial charge >= 0.3 is 6.18 Å². The number of amides is 1. The van der Waals surface area contributed by atoms with E-state index in [9.17, 15) is 18.0 Å². The first kappa shape index (κ1) is 15.2. The molecule has 18 heavy (non-hydrogen) atoms. The monoisotopic (exact) mass is 268 g/mol. The average Bonchev–Trinajstić information content (AvgIpc) is 2.77. The molecule has 1 aliphatic rings. The SMILES string of the molecule is CCCN(CCO)C(=O)C1(C(F)(F)F)CCNC1. The van der Waals surface area contributed by atoms with Crippen molar-refractivity contribution in [2.75, 3.05) is 32.8 Å². The van der Waals surface area contributed by atoms with Crippen molar-refractivity contribution in [3.8, 4) is 0 Å². The molecule has 1 rings (SSSR count). The average molecular weight is 268 g/mol. The van der Waals surface area contributed by atoms with E-state index in [-0.39, 0.29) is 39.2 Å². The summed E-state index contributed by atoms with van der Waals surface area (Å²) in [5, 5.41) is 11.5. The quantitative estimate of drug-likeness (QED) is 0.774. The molecule has 1 heterocycles. The Kier molecular flexibility index (Phi) is 4.98. The highest BCUT2D eigenvalue weighted by atomic mass is 19.4. The molecule has 0 aromatic carbocycles. The van der Waals surface area contributed by atoms with Crippen LogP contribution in [0.3, 0.4) is 0 Å². The fourth-order valence-corrected chi connectivity index (χ4v) is 2.25. The highest BCUT2D eigenvalue weighted by Crippen LogP contribution is 2.44. The third-order valence-corrected chi connectivity index (χ3v) is 3.26. The summed E-state index contributed by atoms with van der Waals surface area (Å²) in [4.78, 5) is 13.3. The first-order valence-corrected chi connectivity index (χ1v) is 6.06. The molecule has 7 heteroatoms. The van der Waals surface area contributed by atoms with E-state index in [2.05, 4.69) is 5.32 Å². The van der Waals surface area contributed by atoms with Crippen molar-refractivity contribution >= 4 is 5.91 Å². The van der Waals surface area contributed by atoms with Gasteiger partial charge in [0, 0.05) is 19.6 Å². The lowest BCUT2D eigenvalue weighted by atomic mass is 9.84. The van der Waals surface area contributed by atoms with Crippen molar-refractivity contribution in [2.24, 2.45) is 5.41 Å². The van der Waals surface area contributed by atoms with E-state index < -0.39 is 17.5 Å². The smallest absolute Gasteiger partial charge is 0.395 e. The zero-order valence-corrected chi connectivity index (χ0v) is 10.4. The maximum atomic E-state index is 13.2. The molecule has 0 aromatic heterocycles. The summed E-state index contributed by atoms with van der Waals surface area (Å²) in [5.74, 6) is -0.920. The highest BCUT2D eigenvalue weighted by Gasteiger charge is 2.62. The first-order valence-electron chi connectivity index (χ1n) is 6.06. The van der Waals surface area contributed by atoms with Gasteiger partial charge in [-0.2, -0.15) is 13.2 Å². The fourth-order valence-electron chi connectivity index (χ4n) is 2.25. The maximum absolute atomic E-state index is 13.2. The van der Waals surface area contributed by atoms with Crippen molar-refractivity contribution in [2.45, 2.75) is 25.9 Å². The van der Waals surface area contributed by atoms with Crippen LogP contribution in [-0.4, -0.2) is 54.9 Å². The molecule has 1 amide bonds. The minimum absolute atomic E-state index is 0.0511. The lowest BCUT2D eigenvalue weighted by Crippen LogP contribution is -2.54. The molecule has 0 aliphatic carbocycles. The van der Waals surface area contributed by atoms with E-state index in [1.54, 1.807) is 6.92 Å². The van der Waals surface area contributed by atoms with Crippen LogP contribution in [-0.2, 0) is 4.79 Å². The number of nitrogens with one attached hydrogen (secondary N) is 1. The third kappa shape index (κ3) is 2.77. The van der Waals surface area contributed by atoms with Gasteiger partial charge in [-0.3, -0.25) is 4.79 Å². The summed E-state index contributed by atoms with van der Waals surface area (Å²) in [6.07, 6.45) is -4.23. The molecule has 106 valence electrons. The Bertz CT molecular complexity index is 283. The van der Waals surface area contributed by atoms with Crippen molar-refractivity contribution in [1.29, 1.82) is 0 Å². The number of nitrogens with zero attached hydrogens (tertiary/aromatic N) is 1. The van der Waals surface area contributed by atoms with Crippen LogP contribution in [0.15, 0.2) is 0 Å². The van der Waals surface area contributed by atoms with Crippen LogP contribution in [0.2, 0.25) is 0 Å². The van der Waals surface area contributed by atoms with E-state index in [0.717, 1.165) is 4.90 Å². The van der Waals surface area contributed by atoms with E-state index >= 15 is 0 Å². The van der Waals surface area contributed by atoms with Gasteiger partial charge in [-0.1, -0.05) is 6.92 Å². The Morgan fingerprint density at radius 2 is 2.11 bits per heavy atom. The summed E-state index contributed by atoms with van der Waals surface area (Å²) >= 11 is 0. The number of aliphatic hydroxyl groups is 1. The highest BCUT2D eigenvalue weighted by molar-refractivity contribution is 5.84. The molecule has 0 bridgehead atoms. The fraction of sp³-hybridized carbons (Fsp3) is 0.909. The van der Waals surface area contributed by atoms with E-state index in [1.165, 1.54) is 0 Å². The van der Waals surface area contributed by atoms with Crippen LogP contribution >= 0.6 is 0 Å². The van der Waals surface area contributed by atoms with Gasteiger partial charge in [0.25, 0.3) is 0 Å². The number of carbonyl (C=O) groups is 1. The lowest BCUT2D eigenvalue weighted by Gasteiger charge is -2.35. The first-order chi connectivity index (χ1) is 8.39. The van der Waals surface area contributed by atoms with E-state index in [0.29, 0.717) is 6.42 Å². The van der Waals surface area contributed by atoms with Crippen molar-refractivity contribution in [3.63, 3.8) is 0 Å². The second-order valence-corrected chi connectivity index (χ2v) is 4.52. The predicted molar refractivity (Wildman–Crippen MR) is 59.9 cm³/mol. The van der Waals surface area contributed by atoms with Crippen molar-refractivity contribution < 1.29 is 23.1 Å². The summed E-state index contributed by atoms with van der Waals surface area (Å²) in [5.41, 5.74) is -2.32. The number of hydrogen-bond acceptors (Lipinski definition) is 3. The van der Waals surface area contributed by atoms with Crippen LogP contribution in [0.1, 0.15) is 19.8 Å². The zero-order valence-electron chi connectivity index (χ0n) is 10.4. The van der Waals surface area contributed by atoms with Crippen molar-refractivity contribution in [3.05, 3.63) is 0 Å². The molecule has 0 saturated carbocycles. The van der Waals surface area contributed by atoms with Crippen LogP contribution in [0.4, 0.5) is 13.2 Å². The number of hydrogen-bond donors (Lipinski definition) is 2. The summed E-state index contributed by atoms with van der Waals surface area (Å²) < 4.78 is 39.5. The molecule has 0 radical (unpaired) electrons. The Morgan fingerprint density at radius 1 is 1.44 bits per heavy atom. The predicted octanol–water partition coefficient (Wildman–Crippen LogP) is 0.759. The molecule has 1 aliphatic heterocycles. The normalized spacial score (nSPS) is 24.3.